The second kappa shape index (κ2) is 7.53. The van der Waals surface area contributed by atoms with Gasteiger partial charge in [0.1, 0.15) is 11.0 Å². The predicted molar refractivity (Wildman–Crippen MR) is 105 cm³/mol. The molecule has 3 rings (SSSR count). The number of hydrogen-bond acceptors (Lipinski definition) is 4. The molecule has 0 fully saturated rings. The molecule has 0 bridgehead atoms. The highest BCUT2D eigenvalue weighted by molar-refractivity contribution is 6.29. The minimum absolute atomic E-state index is 0.427. The summed E-state index contributed by atoms with van der Waals surface area (Å²) in [5, 5.41) is 3.71. The van der Waals surface area contributed by atoms with Crippen molar-refractivity contribution < 1.29 is 0 Å². The van der Waals surface area contributed by atoms with Crippen molar-refractivity contribution in [2.45, 2.75) is 13.5 Å². The summed E-state index contributed by atoms with van der Waals surface area (Å²) < 4.78 is 0. The molecule has 4 nitrogen and oxygen atoms in total. The lowest BCUT2D eigenvalue weighted by atomic mass is 9.96. The Labute approximate surface area is 153 Å². The van der Waals surface area contributed by atoms with E-state index in [4.69, 9.17) is 11.6 Å². The largest absolute Gasteiger partial charge is 0.363 e. The smallest absolute Gasteiger partial charge is 0.226 e. The molecule has 0 aliphatic heterocycles. The summed E-state index contributed by atoms with van der Waals surface area (Å²) in [4.78, 5) is 10.6. The first-order chi connectivity index (χ1) is 12.0. The van der Waals surface area contributed by atoms with E-state index in [9.17, 15) is 0 Å². The van der Waals surface area contributed by atoms with Crippen LogP contribution in [0.3, 0.4) is 0 Å². The molecule has 1 aromatic heterocycles. The van der Waals surface area contributed by atoms with Crippen LogP contribution in [-0.2, 0) is 6.54 Å². The Morgan fingerprint density at radius 2 is 1.76 bits per heavy atom. The average molecular weight is 353 g/mol. The molecule has 25 heavy (non-hydrogen) atoms. The molecule has 0 amide bonds. The van der Waals surface area contributed by atoms with Gasteiger partial charge in [-0.3, -0.25) is 0 Å². The molecule has 0 saturated heterocycles. The minimum atomic E-state index is 0.427. The second-order valence-corrected chi connectivity index (χ2v) is 6.46. The fraction of sp³-hybridized carbons (Fsp3) is 0.200. The van der Waals surface area contributed by atoms with E-state index in [1.807, 2.05) is 25.1 Å². The third-order valence-corrected chi connectivity index (χ3v) is 4.30. The van der Waals surface area contributed by atoms with Gasteiger partial charge in [-0.1, -0.05) is 60.1 Å². The zero-order valence-corrected chi connectivity index (χ0v) is 15.4. The minimum Gasteiger partial charge on any atom is -0.363 e. The van der Waals surface area contributed by atoms with Crippen LogP contribution in [0.15, 0.2) is 54.6 Å². The summed E-state index contributed by atoms with van der Waals surface area (Å²) in [7, 11) is 3.85. The summed E-state index contributed by atoms with van der Waals surface area (Å²) in [6.45, 7) is 2.78. The molecule has 0 radical (unpaired) electrons. The van der Waals surface area contributed by atoms with Crippen LogP contribution in [0.4, 0.5) is 11.8 Å². The molecule has 0 saturated carbocycles. The van der Waals surface area contributed by atoms with Gasteiger partial charge in [0, 0.05) is 26.7 Å². The Hall–Kier alpha value is -2.59. The van der Waals surface area contributed by atoms with E-state index in [0.717, 1.165) is 5.82 Å². The first-order valence-corrected chi connectivity index (χ1v) is 8.52. The molecule has 0 spiro atoms. The number of rotatable bonds is 5. The molecule has 0 atom stereocenters. The number of anilines is 2. The number of nitrogens with zero attached hydrogens (tertiary/aromatic N) is 3. The van der Waals surface area contributed by atoms with Crippen LogP contribution in [-0.4, -0.2) is 24.1 Å². The van der Waals surface area contributed by atoms with Crippen LogP contribution >= 0.6 is 11.6 Å². The number of aromatic nitrogens is 2. The van der Waals surface area contributed by atoms with E-state index in [1.54, 1.807) is 6.07 Å². The molecule has 2 aromatic carbocycles. The summed E-state index contributed by atoms with van der Waals surface area (Å²) >= 11 is 6.09. The number of hydrogen-bond donors (Lipinski definition) is 1. The quantitative estimate of drug-likeness (QED) is 0.671. The van der Waals surface area contributed by atoms with Crippen molar-refractivity contribution in [3.63, 3.8) is 0 Å². The van der Waals surface area contributed by atoms with Crippen LogP contribution in [0.1, 0.15) is 11.1 Å². The van der Waals surface area contributed by atoms with Gasteiger partial charge in [-0.05, 0) is 29.2 Å². The van der Waals surface area contributed by atoms with Crippen molar-refractivity contribution >= 4 is 23.4 Å². The van der Waals surface area contributed by atoms with E-state index in [0.29, 0.717) is 17.6 Å². The van der Waals surface area contributed by atoms with Crippen LogP contribution < -0.4 is 10.2 Å². The molecule has 1 N–H and O–H groups in total. The van der Waals surface area contributed by atoms with Crippen LogP contribution in [0.25, 0.3) is 11.1 Å². The Bertz CT molecular complexity index is 863. The SMILES string of the molecule is Cc1c(CNc2nc(Cl)cc(N(C)C)n2)cccc1-c1ccccc1. The highest BCUT2D eigenvalue weighted by atomic mass is 35.5. The molecule has 3 aromatic rings. The summed E-state index contributed by atoms with van der Waals surface area (Å²) in [6, 6.07) is 18.5. The zero-order chi connectivity index (χ0) is 17.8. The summed E-state index contributed by atoms with van der Waals surface area (Å²) in [5.74, 6) is 1.30. The molecule has 0 aliphatic rings. The van der Waals surface area contributed by atoms with Crippen molar-refractivity contribution in [3.05, 3.63) is 70.9 Å². The monoisotopic (exact) mass is 352 g/mol. The molecule has 128 valence electrons. The molecule has 0 aliphatic carbocycles. The fourth-order valence-corrected chi connectivity index (χ4v) is 2.87. The maximum absolute atomic E-state index is 6.09. The first kappa shape index (κ1) is 17.2. The third-order valence-electron chi connectivity index (χ3n) is 4.11. The molecule has 5 heteroatoms. The predicted octanol–water partition coefficient (Wildman–Crippen LogP) is 4.78. The van der Waals surface area contributed by atoms with Gasteiger partial charge in [0.2, 0.25) is 5.95 Å². The second-order valence-electron chi connectivity index (χ2n) is 6.08. The molecule has 1 heterocycles. The lowest BCUT2D eigenvalue weighted by Gasteiger charge is -2.15. The van der Waals surface area contributed by atoms with Crippen molar-refractivity contribution in [3.8, 4) is 11.1 Å². The highest BCUT2D eigenvalue weighted by Gasteiger charge is 2.08. The van der Waals surface area contributed by atoms with Gasteiger partial charge < -0.3 is 10.2 Å². The lowest BCUT2D eigenvalue weighted by molar-refractivity contribution is 1.00. The van der Waals surface area contributed by atoms with Gasteiger partial charge >= 0.3 is 0 Å². The van der Waals surface area contributed by atoms with Gasteiger partial charge in [0.25, 0.3) is 0 Å². The van der Waals surface area contributed by atoms with E-state index in [2.05, 4.69) is 64.7 Å². The normalized spacial score (nSPS) is 10.6. The van der Waals surface area contributed by atoms with Crippen molar-refractivity contribution in [2.24, 2.45) is 0 Å². The van der Waals surface area contributed by atoms with Crippen molar-refractivity contribution in [1.29, 1.82) is 0 Å². The topological polar surface area (TPSA) is 41.1 Å². The van der Waals surface area contributed by atoms with Gasteiger partial charge in [-0.2, -0.15) is 4.98 Å². The van der Waals surface area contributed by atoms with Crippen LogP contribution in [0.5, 0.6) is 0 Å². The van der Waals surface area contributed by atoms with Crippen LogP contribution in [0.2, 0.25) is 5.15 Å². The standard InChI is InChI=1S/C20H21ClN4/c1-14-16(10-7-11-17(14)15-8-5-4-6-9-15)13-22-20-23-18(21)12-19(24-20)25(2)3/h4-12H,13H2,1-3H3,(H,22,23,24). The van der Waals surface area contributed by atoms with E-state index >= 15 is 0 Å². The van der Waals surface area contributed by atoms with E-state index in [1.165, 1.54) is 22.3 Å². The fourth-order valence-electron chi connectivity index (χ4n) is 2.69. The maximum atomic E-state index is 6.09. The average Bonchev–Trinajstić information content (AvgIpc) is 2.61. The Balaban J connectivity index is 1.83. The maximum Gasteiger partial charge on any atom is 0.226 e. The zero-order valence-electron chi connectivity index (χ0n) is 14.6. The van der Waals surface area contributed by atoms with E-state index in [-0.39, 0.29) is 0 Å². The van der Waals surface area contributed by atoms with Gasteiger partial charge in [0.05, 0.1) is 0 Å². The van der Waals surface area contributed by atoms with Gasteiger partial charge in [0.15, 0.2) is 0 Å². The van der Waals surface area contributed by atoms with E-state index < -0.39 is 0 Å². The van der Waals surface area contributed by atoms with Crippen molar-refractivity contribution in [2.75, 3.05) is 24.3 Å². The molecule has 0 unspecified atom stereocenters. The Morgan fingerprint density at radius 1 is 1.00 bits per heavy atom. The van der Waals surface area contributed by atoms with Crippen LogP contribution in [0, 0.1) is 6.92 Å². The molecular formula is C20H21ClN4. The number of nitrogens with one attached hydrogen (secondary N) is 1. The first-order valence-electron chi connectivity index (χ1n) is 8.14. The molecular weight excluding hydrogens is 332 g/mol. The lowest BCUT2D eigenvalue weighted by Crippen LogP contribution is -2.13. The Morgan fingerprint density at radius 3 is 2.48 bits per heavy atom. The Kier molecular flexibility index (Phi) is 5.19. The number of halogens is 1. The van der Waals surface area contributed by atoms with Crippen molar-refractivity contribution in [1.82, 2.24) is 9.97 Å². The number of benzene rings is 2. The highest BCUT2D eigenvalue weighted by Crippen LogP contribution is 2.26. The van der Waals surface area contributed by atoms with Gasteiger partial charge in [-0.15, -0.1) is 0 Å². The summed E-state index contributed by atoms with van der Waals surface area (Å²) in [5.41, 5.74) is 4.91. The summed E-state index contributed by atoms with van der Waals surface area (Å²) in [6.07, 6.45) is 0. The third kappa shape index (κ3) is 4.09. The van der Waals surface area contributed by atoms with Gasteiger partial charge in [-0.25, -0.2) is 4.98 Å².